The molecule has 0 atom stereocenters. The van der Waals surface area contributed by atoms with Crippen molar-refractivity contribution in [1.29, 1.82) is 0 Å². The molecule has 0 fully saturated rings. The minimum absolute atomic E-state index is 0.0682. The Morgan fingerprint density at radius 2 is 1.86 bits per heavy atom. The molecule has 0 saturated heterocycles. The predicted octanol–water partition coefficient (Wildman–Crippen LogP) is 3.36. The topological polar surface area (TPSA) is 75.7 Å². The van der Waals surface area contributed by atoms with Crippen LogP contribution in [0.1, 0.15) is 24.5 Å². The summed E-state index contributed by atoms with van der Waals surface area (Å²) >= 11 is 0. The van der Waals surface area contributed by atoms with Crippen LogP contribution in [0.3, 0.4) is 0 Å². The van der Waals surface area contributed by atoms with Gasteiger partial charge in [-0.1, -0.05) is 12.1 Å². The van der Waals surface area contributed by atoms with Crippen LogP contribution in [0.15, 0.2) is 47.4 Å². The summed E-state index contributed by atoms with van der Waals surface area (Å²) in [4.78, 5) is 13.4. The maximum absolute atomic E-state index is 12.6. The summed E-state index contributed by atoms with van der Waals surface area (Å²) < 4.78 is 68.0. The number of hydrogen-bond donors (Lipinski definition) is 1. The fraction of sp³-hybridized carbons (Fsp3) is 0.316. The standard InChI is InChI=1S/C19H19F3N2O4S/c1-13(25)24-10-2-3-15-11-17(8-9-18(15)24)29(26,27)23-12-14-4-6-16(7-5-14)28-19(20,21)22/h4-9,11,23H,2-3,10,12H2,1H3. The molecule has 156 valence electrons. The van der Waals surface area contributed by atoms with Crippen molar-refractivity contribution in [2.24, 2.45) is 0 Å². The van der Waals surface area contributed by atoms with Crippen molar-refractivity contribution in [3.8, 4) is 5.75 Å². The molecule has 10 heteroatoms. The van der Waals surface area contributed by atoms with Crippen molar-refractivity contribution < 1.29 is 31.1 Å². The molecular weight excluding hydrogens is 409 g/mol. The highest BCUT2D eigenvalue weighted by molar-refractivity contribution is 7.89. The molecule has 0 bridgehead atoms. The number of anilines is 1. The normalized spacial score (nSPS) is 14.4. The molecule has 1 aliphatic heterocycles. The molecule has 0 aromatic heterocycles. The lowest BCUT2D eigenvalue weighted by Crippen LogP contribution is -2.33. The van der Waals surface area contributed by atoms with Crippen molar-refractivity contribution in [2.45, 2.75) is 37.6 Å². The largest absolute Gasteiger partial charge is 0.573 e. The number of sulfonamides is 1. The zero-order valence-corrected chi connectivity index (χ0v) is 16.3. The van der Waals surface area contributed by atoms with Gasteiger partial charge in [-0.3, -0.25) is 4.79 Å². The van der Waals surface area contributed by atoms with E-state index in [1.807, 2.05) is 0 Å². The summed E-state index contributed by atoms with van der Waals surface area (Å²) in [6, 6.07) is 9.53. The highest BCUT2D eigenvalue weighted by Gasteiger charge is 2.31. The average Bonchev–Trinajstić information content (AvgIpc) is 2.65. The first kappa shape index (κ1) is 21.1. The van der Waals surface area contributed by atoms with Gasteiger partial charge in [-0.2, -0.15) is 0 Å². The second kappa shape index (κ2) is 8.03. The lowest BCUT2D eigenvalue weighted by atomic mass is 10.0. The molecule has 2 aromatic rings. The molecule has 2 aromatic carbocycles. The van der Waals surface area contributed by atoms with Gasteiger partial charge in [0, 0.05) is 25.7 Å². The summed E-state index contributed by atoms with van der Waals surface area (Å²) in [7, 11) is -3.83. The van der Waals surface area contributed by atoms with Gasteiger partial charge in [-0.25, -0.2) is 13.1 Å². The van der Waals surface area contributed by atoms with Crippen molar-refractivity contribution >= 4 is 21.6 Å². The van der Waals surface area contributed by atoms with E-state index in [2.05, 4.69) is 9.46 Å². The van der Waals surface area contributed by atoms with E-state index in [9.17, 15) is 26.4 Å². The number of nitrogens with one attached hydrogen (secondary N) is 1. The summed E-state index contributed by atoms with van der Waals surface area (Å²) in [6.45, 7) is 1.97. The average molecular weight is 428 g/mol. The molecule has 3 rings (SSSR count). The number of ether oxygens (including phenoxy) is 1. The third kappa shape index (κ3) is 5.27. The van der Waals surface area contributed by atoms with E-state index in [4.69, 9.17) is 0 Å². The number of alkyl halides is 3. The van der Waals surface area contributed by atoms with Crippen LogP contribution in [-0.4, -0.2) is 27.2 Å². The Morgan fingerprint density at radius 3 is 2.48 bits per heavy atom. The van der Waals surface area contributed by atoms with Gasteiger partial charge in [0.15, 0.2) is 0 Å². The van der Waals surface area contributed by atoms with Crippen LogP contribution in [0.2, 0.25) is 0 Å². The fourth-order valence-electron chi connectivity index (χ4n) is 3.14. The number of halogens is 3. The van der Waals surface area contributed by atoms with Gasteiger partial charge in [0.05, 0.1) is 4.90 Å². The summed E-state index contributed by atoms with van der Waals surface area (Å²) in [5.41, 5.74) is 1.97. The number of fused-ring (bicyclic) bond motifs is 1. The van der Waals surface area contributed by atoms with Crippen LogP contribution in [0, 0.1) is 0 Å². The monoisotopic (exact) mass is 428 g/mol. The summed E-state index contributed by atoms with van der Waals surface area (Å²) in [5.74, 6) is -0.480. The van der Waals surface area contributed by atoms with Crippen molar-refractivity contribution in [3.05, 3.63) is 53.6 Å². The van der Waals surface area contributed by atoms with Crippen LogP contribution in [0.5, 0.6) is 5.75 Å². The Morgan fingerprint density at radius 1 is 1.17 bits per heavy atom. The van der Waals surface area contributed by atoms with Gasteiger partial charge in [0.1, 0.15) is 5.75 Å². The molecule has 6 nitrogen and oxygen atoms in total. The van der Waals surface area contributed by atoms with Gasteiger partial charge >= 0.3 is 6.36 Å². The lowest BCUT2D eigenvalue weighted by Gasteiger charge is -2.28. The number of hydrogen-bond acceptors (Lipinski definition) is 4. The number of benzene rings is 2. The molecule has 1 N–H and O–H groups in total. The zero-order chi connectivity index (χ0) is 21.2. The lowest BCUT2D eigenvalue weighted by molar-refractivity contribution is -0.274. The molecule has 1 amide bonds. The quantitative estimate of drug-likeness (QED) is 0.793. The van der Waals surface area contributed by atoms with E-state index < -0.39 is 16.4 Å². The molecular formula is C19H19F3N2O4S. The van der Waals surface area contributed by atoms with E-state index in [0.29, 0.717) is 24.2 Å². The van der Waals surface area contributed by atoms with E-state index in [-0.39, 0.29) is 23.1 Å². The molecule has 0 spiro atoms. The first-order valence-corrected chi connectivity index (χ1v) is 10.3. The number of carbonyl (C=O) groups is 1. The molecule has 0 radical (unpaired) electrons. The Hall–Kier alpha value is -2.59. The van der Waals surface area contributed by atoms with Crippen LogP contribution < -0.4 is 14.4 Å². The molecule has 1 aliphatic rings. The third-order valence-electron chi connectivity index (χ3n) is 4.48. The number of aryl methyl sites for hydroxylation is 1. The SMILES string of the molecule is CC(=O)N1CCCc2cc(S(=O)(=O)NCc3ccc(OC(F)(F)F)cc3)ccc21. The molecule has 29 heavy (non-hydrogen) atoms. The second-order valence-electron chi connectivity index (χ2n) is 6.58. The number of rotatable bonds is 5. The molecule has 0 unspecified atom stereocenters. The van der Waals surface area contributed by atoms with Gasteiger partial charge < -0.3 is 9.64 Å². The van der Waals surface area contributed by atoms with Gasteiger partial charge in [-0.05, 0) is 54.3 Å². The number of amides is 1. The molecule has 0 saturated carbocycles. The molecule has 1 heterocycles. The van der Waals surface area contributed by atoms with Gasteiger partial charge in [0.25, 0.3) is 0 Å². The summed E-state index contributed by atoms with van der Waals surface area (Å²) in [5, 5.41) is 0. The third-order valence-corrected chi connectivity index (χ3v) is 5.88. The fourth-order valence-corrected chi connectivity index (χ4v) is 4.21. The molecule has 0 aliphatic carbocycles. The van der Waals surface area contributed by atoms with Gasteiger partial charge in [0.2, 0.25) is 15.9 Å². The smallest absolute Gasteiger partial charge is 0.406 e. The van der Waals surface area contributed by atoms with E-state index in [1.54, 1.807) is 17.0 Å². The maximum Gasteiger partial charge on any atom is 0.573 e. The van der Waals surface area contributed by atoms with Crippen LogP contribution in [0.4, 0.5) is 18.9 Å². The van der Waals surface area contributed by atoms with Crippen molar-refractivity contribution in [2.75, 3.05) is 11.4 Å². The maximum atomic E-state index is 12.6. The number of carbonyl (C=O) groups excluding carboxylic acids is 1. The van der Waals surface area contributed by atoms with Crippen LogP contribution in [0.25, 0.3) is 0 Å². The highest BCUT2D eigenvalue weighted by Crippen LogP contribution is 2.29. The van der Waals surface area contributed by atoms with Gasteiger partial charge in [-0.15, -0.1) is 13.2 Å². The summed E-state index contributed by atoms with van der Waals surface area (Å²) in [6.07, 6.45) is -3.37. The van der Waals surface area contributed by atoms with Crippen LogP contribution >= 0.6 is 0 Å². The predicted molar refractivity (Wildman–Crippen MR) is 99.9 cm³/mol. The first-order valence-electron chi connectivity index (χ1n) is 8.80. The Labute approximate surface area is 166 Å². The minimum Gasteiger partial charge on any atom is -0.406 e. The van der Waals surface area contributed by atoms with E-state index >= 15 is 0 Å². The van der Waals surface area contributed by atoms with E-state index in [1.165, 1.54) is 25.1 Å². The van der Waals surface area contributed by atoms with Crippen molar-refractivity contribution in [1.82, 2.24) is 4.72 Å². The Balaban J connectivity index is 1.71. The second-order valence-corrected chi connectivity index (χ2v) is 8.35. The number of nitrogens with zero attached hydrogens (tertiary/aromatic N) is 1. The van der Waals surface area contributed by atoms with Crippen LogP contribution in [-0.2, 0) is 27.8 Å². The minimum atomic E-state index is -4.78. The highest BCUT2D eigenvalue weighted by atomic mass is 32.2. The Bertz CT molecular complexity index is 1010. The van der Waals surface area contributed by atoms with E-state index in [0.717, 1.165) is 24.1 Å². The zero-order valence-electron chi connectivity index (χ0n) is 15.5. The van der Waals surface area contributed by atoms with Crippen molar-refractivity contribution in [3.63, 3.8) is 0 Å². The Kier molecular flexibility index (Phi) is 5.85. The first-order chi connectivity index (χ1) is 13.5.